The number of carbonyl (C=O) groups is 2. The van der Waals surface area contributed by atoms with Crippen LogP contribution in [0.1, 0.15) is 32.8 Å². The van der Waals surface area contributed by atoms with Crippen molar-refractivity contribution in [1.29, 1.82) is 0 Å². The molecule has 0 fully saturated rings. The Labute approximate surface area is 209 Å². The first-order valence-corrected chi connectivity index (χ1v) is 13.2. The lowest BCUT2D eigenvalue weighted by molar-refractivity contribution is -0.139. The number of nitrogens with one attached hydrogen (secondary N) is 1. The number of rotatable bonds is 10. The normalized spacial score (nSPS) is 13.1. The van der Waals surface area contributed by atoms with Gasteiger partial charge in [-0.25, -0.2) is 12.8 Å². The quantitative estimate of drug-likeness (QED) is 0.496. The number of hydrogen-bond acceptors (Lipinski definition) is 4. The molecule has 2 rings (SSSR count). The lowest BCUT2D eigenvalue weighted by Gasteiger charge is -2.32. The maximum atomic E-state index is 13.8. The van der Waals surface area contributed by atoms with E-state index in [1.54, 1.807) is 19.1 Å². The van der Waals surface area contributed by atoms with Crippen LogP contribution in [0.2, 0.25) is 10.0 Å². The molecule has 0 heterocycles. The van der Waals surface area contributed by atoms with Gasteiger partial charge in [0.15, 0.2) is 0 Å². The van der Waals surface area contributed by atoms with Gasteiger partial charge in [0.05, 0.1) is 11.9 Å². The Hall–Kier alpha value is -2.36. The SMILES string of the molecule is CC[C@H](C)NC(=O)[C@@H](C)N(Cc1ccc(Cl)cc1Cl)C(=O)CN(c1cccc(F)c1)S(C)(=O)=O. The summed E-state index contributed by atoms with van der Waals surface area (Å²) in [5.74, 6) is -1.71. The van der Waals surface area contributed by atoms with E-state index in [9.17, 15) is 22.4 Å². The number of hydrogen-bond donors (Lipinski definition) is 1. The van der Waals surface area contributed by atoms with E-state index in [1.807, 2.05) is 13.8 Å². The smallest absolute Gasteiger partial charge is 0.244 e. The molecule has 7 nitrogen and oxygen atoms in total. The van der Waals surface area contributed by atoms with Crippen molar-refractivity contribution in [3.8, 4) is 0 Å². The zero-order valence-corrected chi connectivity index (χ0v) is 21.7. The molecule has 2 atom stereocenters. The van der Waals surface area contributed by atoms with Crippen LogP contribution in [-0.4, -0.2) is 50.0 Å². The monoisotopic (exact) mass is 531 g/mol. The van der Waals surface area contributed by atoms with Crippen molar-refractivity contribution in [2.75, 3.05) is 17.1 Å². The van der Waals surface area contributed by atoms with Gasteiger partial charge in [-0.15, -0.1) is 0 Å². The van der Waals surface area contributed by atoms with Crippen molar-refractivity contribution in [2.24, 2.45) is 0 Å². The zero-order valence-electron chi connectivity index (χ0n) is 19.4. The number of anilines is 1. The number of benzene rings is 2. The Kier molecular flexibility index (Phi) is 9.73. The highest BCUT2D eigenvalue weighted by molar-refractivity contribution is 7.92. The molecule has 0 saturated heterocycles. The molecule has 186 valence electrons. The second kappa shape index (κ2) is 11.9. The van der Waals surface area contributed by atoms with E-state index in [-0.39, 0.29) is 18.3 Å². The molecule has 0 aliphatic heterocycles. The summed E-state index contributed by atoms with van der Waals surface area (Å²) in [5.41, 5.74) is 0.524. The van der Waals surface area contributed by atoms with Gasteiger partial charge in [0.25, 0.3) is 0 Å². The summed E-state index contributed by atoms with van der Waals surface area (Å²) in [5, 5.41) is 3.53. The molecule has 0 saturated carbocycles. The maximum Gasteiger partial charge on any atom is 0.244 e. The molecule has 2 amide bonds. The standard InChI is InChI=1S/C23H28Cl2FN3O4S/c1-5-15(2)27-23(31)16(3)28(13-17-9-10-18(24)11-21(17)25)22(30)14-29(34(4,32)33)20-8-6-7-19(26)12-20/h6-12,15-16H,5,13-14H2,1-4H3,(H,27,31)/t15-,16+/m0/s1. The van der Waals surface area contributed by atoms with E-state index in [0.717, 1.165) is 16.6 Å². The number of sulfonamides is 1. The van der Waals surface area contributed by atoms with Crippen LogP contribution in [0, 0.1) is 5.82 Å². The lowest BCUT2D eigenvalue weighted by atomic mass is 10.1. The van der Waals surface area contributed by atoms with Gasteiger partial charge in [-0.2, -0.15) is 0 Å². The first-order valence-electron chi connectivity index (χ1n) is 10.6. The maximum absolute atomic E-state index is 13.8. The largest absolute Gasteiger partial charge is 0.352 e. The van der Waals surface area contributed by atoms with Crippen molar-refractivity contribution in [2.45, 2.75) is 45.8 Å². The number of carbonyl (C=O) groups excluding carboxylic acids is 2. The molecule has 2 aromatic rings. The minimum atomic E-state index is -3.94. The number of nitrogens with zero attached hydrogens (tertiary/aromatic N) is 2. The fraction of sp³-hybridized carbons (Fsp3) is 0.391. The van der Waals surface area contributed by atoms with E-state index in [4.69, 9.17) is 23.2 Å². The summed E-state index contributed by atoms with van der Waals surface area (Å²) in [4.78, 5) is 27.5. The van der Waals surface area contributed by atoms with Crippen molar-refractivity contribution >= 4 is 50.7 Å². The molecule has 11 heteroatoms. The highest BCUT2D eigenvalue weighted by Crippen LogP contribution is 2.24. The lowest BCUT2D eigenvalue weighted by Crippen LogP contribution is -2.52. The average molecular weight is 532 g/mol. The van der Waals surface area contributed by atoms with E-state index in [2.05, 4.69) is 5.32 Å². The van der Waals surface area contributed by atoms with Gasteiger partial charge in [-0.05, 0) is 56.2 Å². The van der Waals surface area contributed by atoms with Crippen molar-refractivity contribution in [1.82, 2.24) is 10.2 Å². The van der Waals surface area contributed by atoms with Crippen LogP contribution in [0.25, 0.3) is 0 Å². The predicted molar refractivity (Wildman–Crippen MR) is 133 cm³/mol. The fourth-order valence-electron chi connectivity index (χ4n) is 3.13. The van der Waals surface area contributed by atoms with Gasteiger partial charge in [0.1, 0.15) is 18.4 Å². The number of amides is 2. The van der Waals surface area contributed by atoms with E-state index in [1.165, 1.54) is 29.2 Å². The van der Waals surface area contributed by atoms with Crippen LogP contribution < -0.4 is 9.62 Å². The van der Waals surface area contributed by atoms with E-state index in [0.29, 0.717) is 22.0 Å². The second-order valence-corrected chi connectivity index (χ2v) is 10.8. The first-order chi connectivity index (χ1) is 15.8. The van der Waals surface area contributed by atoms with Gasteiger partial charge in [0, 0.05) is 22.6 Å². The van der Waals surface area contributed by atoms with Crippen LogP contribution in [0.5, 0.6) is 0 Å². The molecule has 0 spiro atoms. The van der Waals surface area contributed by atoms with Crippen LogP contribution >= 0.6 is 23.2 Å². The van der Waals surface area contributed by atoms with Gasteiger partial charge < -0.3 is 10.2 Å². The third-order valence-electron chi connectivity index (χ3n) is 5.30. The number of halogens is 3. The average Bonchev–Trinajstić information content (AvgIpc) is 2.75. The fourth-order valence-corrected chi connectivity index (χ4v) is 4.44. The molecule has 0 aromatic heterocycles. The van der Waals surface area contributed by atoms with Crippen LogP contribution in [0.4, 0.5) is 10.1 Å². The third kappa shape index (κ3) is 7.58. The molecule has 0 radical (unpaired) electrons. The Balaban J connectivity index is 2.42. The molecule has 34 heavy (non-hydrogen) atoms. The van der Waals surface area contributed by atoms with E-state index >= 15 is 0 Å². The minimum absolute atomic E-state index is 0.00275. The van der Waals surface area contributed by atoms with Gasteiger partial charge in [-0.3, -0.25) is 13.9 Å². The second-order valence-electron chi connectivity index (χ2n) is 8.00. The Bertz CT molecular complexity index is 1150. The summed E-state index contributed by atoms with van der Waals surface area (Å²) in [6, 6.07) is 8.61. The zero-order chi connectivity index (χ0) is 25.6. The Morgan fingerprint density at radius 2 is 1.79 bits per heavy atom. The van der Waals surface area contributed by atoms with Crippen LogP contribution in [-0.2, 0) is 26.2 Å². The summed E-state index contributed by atoms with van der Waals surface area (Å²) in [6.07, 6.45) is 1.61. The van der Waals surface area contributed by atoms with Gasteiger partial charge in [0.2, 0.25) is 21.8 Å². The molecular weight excluding hydrogens is 504 g/mol. The summed E-state index contributed by atoms with van der Waals surface area (Å²) < 4.78 is 39.5. The molecule has 0 bridgehead atoms. The molecule has 1 N–H and O–H groups in total. The molecular formula is C23H28Cl2FN3O4S. The summed E-state index contributed by atoms with van der Waals surface area (Å²) >= 11 is 12.3. The van der Waals surface area contributed by atoms with Gasteiger partial charge >= 0.3 is 0 Å². The van der Waals surface area contributed by atoms with Crippen LogP contribution in [0.3, 0.4) is 0 Å². The highest BCUT2D eigenvalue weighted by Gasteiger charge is 2.31. The predicted octanol–water partition coefficient (Wildman–Crippen LogP) is 4.23. The van der Waals surface area contributed by atoms with E-state index < -0.39 is 40.2 Å². The highest BCUT2D eigenvalue weighted by atomic mass is 35.5. The van der Waals surface area contributed by atoms with Gasteiger partial charge in [-0.1, -0.05) is 42.3 Å². The van der Waals surface area contributed by atoms with Crippen molar-refractivity contribution in [3.05, 3.63) is 63.9 Å². The summed E-state index contributed by atoms with van der Waals surface area (Å²) in [6.45, 7) is 4.60. The Morgan fingerprint density at radius 3 is 2.35 bits per heavy atom. The third-order valence-corrected chi connectivity index (χ3v) is 7.03. The molecule has 0 aliphatic rings. The molecule has 2 aromatic carbocycles. The minimum Gasteiger partial charge on any atom is -0.352 e. The van der Waals surface area contributed by atoms with Crippen LogP contribution in [0.15, 0.2) is 42.5 Å². The topological polar surface area (TPSA) is 86.8 Å². The van der Waals surface area contributed by atoms with Crippen molar-refractivity contribution in [3.63, 3.8) is 0 Å². The molecule has 0 aliphatic carbocycles. The molecule has 0 unspecified atom stereocenters. The summed E-state index contributed by atoms with van der Waals surface area (Å²) in [7, 11) is -3.94. The first kappa shape index (κ1) is 27.9. The Morgan fingerprint density at radius 1 is 1.12 bits per heavy atom. The van der Waals surface area contributed by atoms with Crippen molar-refractivity contribution < 1.29 is 22.4 Å².